The van der Waals surface area contributed by atoms with Gasteiger partial charge in [-0.2, -0.15) is 0 Å². The number of rotatable bonds is 10. The molecule has 10 nitrogen and oxygen atoms in total. The summed E-state index contributed by atoms with van der Waals surface area (Å²) < 4.78 is 21.7. The number of fused-ring (bicyclic) bond motifs is 1. The third-order valence-corrected chi connectivity index (χ3v) is 5.32. The van der Waals surface area contributed by atoms with E-state index in [4.69, 9.17) is 29.8 Å². The molecule has 1 atom stereocenters. The monoisotopic (exact) mass is 505 g/mol. The number of aliphatic hydroxyl groups is 1. The number of para-hydroxylation sites is 2. The fraction of sp³-hybridized carbons (Fsp3) is 0.185. The van der Waals surface area contributed by atoms with Gasteiger partial charge in [0.1, 0.15) is 18.5 Å². The SMILES string of the molecule is Nc1ccccc1NC(=O)/C=C/C[C@H](OC(=O)Nc1ccc2c(c1)OCO2)c1ccc(OCCO)cc1. The first-order valence-corrected chi connectivity index (χ1v) is 11.5. The molecule has 3 aromatic rings. The number of ether oxygens (including phenoxy) is 4. The number of carbonyl (C=O) groups is 2. The Morgan fingerprint density at radius 1 is 1.03 bits per heavy atom. The van der Waals surface area contributed by atoms with Crippen molar-refractivity contribution >= 4 is 29.1 Å². The Morgan fingerprint density at radius 3 is 2.59 bits per heavy atom. The Balaban J connectivity index is 1.43. The average Bonchev–Trinajstić information content (AvgIpc) is 3.36. The van der Waals surface area contributed by atoms with Gasteiger partial charge in [0.05, 0.1) is 18.0 Å². The van der Waals surface area contributed by atoms with Crippen LogP contribution in [0.25, 0.3) is 0 Å². The van der Waals surface area contributed by atoms with Crippen molar-refractivity contribution in [3.63, 3.8) is 0 Å². The summed E-state index contributed by atoms with van der Waals surface area (Å²) in [6.07, 6.45) is 1.81. The Labute approximate surface area is 213 Å². The minimum absolute atomic E-state index is 0.102. The van der Waals surface area contributed by atoms with Crippen molar-refractivity contribution in [1.29, 1.82) is 0 Å². The van der Waals surface area contributed by atoms with E-state index in [9.17, 15) is 9.59 Å². The molecule has 192 valence electrons. The van der Waals surface area contributed by atoms with E-state index in [1.165, 1.54) is 6.08 Å². The lowest BCUT2D eigenvalue weighted by molar-refractivity contribution is -0.111. The molecule has 1 aliphatic rings. The molecule has 1 aliphatic heterocycles. The van der Waals surface area contributed by atoms with Crippen molar-refractivity contribution in [3.8, 4) is 17.2 Å². The van der Waals surface area contributed by atoms with Crippen LogP contribution in [0.3, 0.4) is 0 Å². The zero-order valence-electron chi connectivity index (χ0n) is 19.9. The number of hydrogen-bond acceptors (Lipinski definition) is 8. The number of aliphatic hydroxyl groups excluding tert-OH is 1. The summed E-state index contributed by atoms with van der Waals surface area (Å²) in [6, 6.07) is 18.9. The summed E-state index contributed by atoms with van der Waals surface area (Å²) >= 11 is 0. The van der Waals surface area contributed by atoms with Crippen LogP contribution in [-0.4, -0.2) is 37.1 Å². The summed E-state index contributed by atoms with van der Waals surface area (Å²) in [7, 11) is 0. The second-order valence-corrected chi connectivity index (χ2v) is 7.94. The van der Waals surface area contributed by atoms with Crippen molar-refractivity contribution in [2.75, 3.05) is 36.4 Å². The topological polar surface area (TPSA) is 141 Å². The average molecular weight is 506 g/mol. The first kappa shape index (κ1) is 25.4. The van der Waals surface area contributed by atoms with Crippen molar-refractivity contribution in [2.24, 2.45) is 0 Å². The molecule has 10 heteroatoms. The molecule has 5 N–H and O–H groups in total. The van der Waals surface area contributed by atoms with Crippen LogP contribution in [0.5, 0.6) is 17.2 Å². The Kier molecular flexibility index (Phi) is 8.45. The van der Waals surface area contributed by atoms with Gasteiger partial charge >= 0.3 is 6.09 Å². The first-order valence-electron chi connectivity index (χ1n) is 11.5. The highest BCUT2D eigenvalue weighted by molar-refractivity contribution is 6.01. The number of carbonyl (C=O) groups excluding carboxylic acids is 2. The smallest absolute Gasteiger partial charge is 0.412 e. The van der Waals surface area contributed by atoms with Crippen LogP contribution >= 0.6 is 0 Å². The molecule has 0 aliphatic carbocycles. The molecule has 2 amide bonds. The lowest BCUT2D eigenvalue weighted by atomic mass is 10.1. The minimum Gasteiger partial charge on any atom is -0.491 e. The van der Waals surface area contributed by atoms with Crippen molar-refractivity contribution in [1.82, 2.24) is 0 Å². The third kappa shape index (κ3) is 7.15. The van der Waals surface area contributed by atoms with Crippen molar-refractivity contribution < 1.29 is 33.6 Å². The molecule has 0 saturated heterocycles. The van der Waals surface area contributed by atoms with Crippen molar-refractivity contribution in [2.45, 2.75) is 12.5 Å². The highest BCUT2D eigenvalue weighted by Gasteiger charge is 2.18. The molecule has 0 unspecified atom stereocenters. The minimum atomic E-state index is -0.702. The lowest BCUT2D eigenvalue weighted by Gasteiger charge is -2.18. The highest BCUT2D eigenvalue weighted by Crippen LogP contribution is 2.34. The predicted octanol–water partition coefficient (Wildman–Crippen LogP) is 4.24. The molecule has 1 heterocycles. The Hall–Kier alpha value is -4.70. The second-order valence-electron chi connectivity index (χ2n) is 7.94. The first-order chi connectivity index (χ1) is 18.0. The number of nitrogen functional groups attached to an aromatic ring is 1. The molecule has 4 rings (SSSR count). The van der Waals surface area contributed by atoms with Gasteiger partial charge in [0.25, 0.3) is 0 Å². The molecule has 0 bridgehead atoms. The van der Waals surface area contributed by atoms with Crippen molar-refractivity contribution in [3.05, 3.63) is 84.4 Å². The largest absolute Gasteiger partial charge is 0.491 e. The maximum absolute atomic E-state index is 12.7. The highest BCUT2D eigenvalue weighted by atomic mass is 16.7. The number of amides is 2. The molecule has 3 aromatic carbocycles. The number of hydrogen-bond donors (Lipinski definition) is 4. The van der Waals surface area contributed by atoms with Gasteiger partial charge in [-0.3, -0.25) is 10.1 Å². The van der Waals surface area contributed by atoms with E-state index in [0.29, 0.717) is 39.9 Å². The summed E-state index contributed by atoms with van der Waals surface area (Å²) in [6.45, 7) is 0.191. The van der Waals surface area contributed by atoms with Gasteiger partial charge in [0, 0.05) is 18.2 Å². The molecule has 0 fully saturated rings. The zero-order chi connectivity index (χ0) is 26.0. The predicted molar refractivity (Wildman–Crippen MR) is 138 cm³/mol. The lowest BCUT2D eigenvalue weighted by Crippen LogP contribution is -2.17. The molecule has 0 spiro atoms. The fourth-order valence-electron chi connectivity index (χ4n) is 3.53. The third-order valence-electron chi connectivity index (χ3n) is 5.32. The van der Waals surface area contributed by atoms with Crippen LogP contribution < -0.4 is 30.6 Å². The van der Waals surface area contributed by atoms with Crippen LogP contribution in [0.4, 0.5) is 21.9 Å². The van der Waals surface area contributed by atoms with E-state index < -0.39 is 12.2 Å². The van der Waals surface area contributed by atoms with Gasteiger partial charge in [-0.1, -0.05) is 30.3 Å². The number of benzene rings is 3. The van der Waals surface area contributed by atoms with Gasteiger partial charge in [-0.05, 0) is 48.0 Å². The van der Waals surface area contributed by atoms with Crippen LogP contribution in [-0.2, 0) is 9.53 Å². The van der Waals surface area contributed by atoms with Crippen LogP contribution in [0, 0.1) is 0 Å². The van der Waals surface area contributed by atoms with E-state index in [1.54, 1.807) is 72.8 Å². The molecule has 0 radical (unpaired) electrons. The van der Waals surface area contributed by atoms with Crippen LogP contribution in [0.2, 0.25) is 0 Å². The quantitative estimate of drug-likeness (QED) is 0.237. The van der Waals surface area contributed by atoms with E-state index in [-0.39, 0.29) is 32.3 Å². The van der Waals surface area contributed by atoms with E-state index in [1.807, 2.05) is 0 Å². The molecule has 0 aromatic heterocycles. The summed E-state index contributed by atoms with van der Waals surface area (Å²) in [5.41, 5.74) is 8.00. The van der Waals surface area contributed by atoms with Crippen LogP contribution in [0.1, 0.15) is 18.1 Å². The standard InChI is InChI=1S/C27H27N3O7/c28-21-4-1-2-5-22(21)30-26(32)7-3-6-23(18-8-11-20(12-9-18)34-15-14-31)37-27(33)29-19-10-13-24-25(16-19)36-17-35-24/h1-5,7-13,16,23,31H,6,14-15,17,28H2,(H,29,33)(H,30,32)/b7-3+/t23-/m0/s1. The van der Waals surface area contributed by atoms with Gasteiger partial charge in [0.2, 0.25) is 12.7 Å². The fourth-order valence-corrected chi connectivity index (χ4v) is 3.53. The van der Waals surface area contributed by atoms with E-state index in [0.717, 1.165) is 0 Å². The Morgan fingerprint density at radius 2 is 1.81 bits per heavy atom. The number of anilines is 3. The number of nitrogens with one attached hydrogen (secondary N) is 2. The Bertz CT molecular complexity index is 1260. The zero-order valence-corrected chi connectivity index (χ0v) is 19.9. The normalized spacial score (nSPS) is 12.7. The molecular weight excluding hydrogens is 478 g/mol. The van der Waals surface area contributed by atoms with E-state index >= 15 is 0 Å². The maximum Gasteiger partial charge on any atom is 0.412 e. The van der Waals surface area contributed by atoms with Gasteiger partial charge in [-0.25, -0.2) is 4.79 Å². The second kappa shape index (κ2) is 12.3. The van der Waals surface area contributed by atoms with Gasteiger partial charge < -0.3 is 35.1 Å². The van der Waals surface area contributed by atoms with E-state index in [2.05, 4.69) is 10.6 Å². The number of nitrogens with two attached hydrogens (primary N) is 1. The molecule has 0 saturated carbocycles. The maximum atomic E-state index is 12.7. The molecular formula is C27H27N3O7. The van der Waals surface area contributed by atoms with Gasteiger partial charge in [0.15, 0.2) is 11.5 Å². The van der Waals surface area contributed by atoms with Crippen LogP contribution in [0.15, 0.2) is 78.9 Å². The summed E-state index contributed by atoms with van der Waals surface area (Å²) in [4.78, 5) is 25.1. The summed E-state index contributed by atoms with van der Waals surface area (Å²) in [5.74, 6) is 1.33. The molecule has 37 heavy (non-hydrogen) atoms. The summed E-state index contributed by atoms with van der Waals surface area (Å²) in [5, 5.41) is 14.3. The van der Waals surface area contributed by atoms with Gasteiger partial charge in [-0.15, -0.1) is 0 Å².